The van der Waals surface area contributed by atoms with E-state index in [2.05, 4.69) is 32.4 Å². The van der Waals surface area contributed by atoms with Gasteiger partial charge in [0.2, 0.25) is 0 Å². The number of aromatic nitrogens is 3. The van der Waals surface area contributed by atoms with Gasteiger partial charge in [-0.2, -0.15) is 0 Å². The van der Waals surface area contributed by atoms with Crippen LogP contribution in [0.1, 0.15) is 5.82 Å². The van der Waals surface area contributed by atoms with Crippen molar-refractivity contribution in [2.45, 2.75) is 13.5 Å². The summed E-state index contributed by atoms with van der Waals surface area (Å²) in [5.74, 6) is 1.93. The fourth-order valence-electron chi connectivity index (χ4n) is 2.79. The van der Waals surface area contributed by atoms with Crippen molar-refractivity contribution in [3.05, 3.63) is 47.9 Å². The number of thiophene rings is 1. The summed E-state index contributed by atoms with van der Waals surface area (Å²) < 4.78 is 3.37. The standard InChI is InChI=1S/C17H17N5S/c1-11-19-5-7-22(11)8-6-20-17-14-4-9-23-16(14)13-3-2-12(18)10-15(13)21-17/h2-5,7,9-10H,6,8,18H2,1H3,(H,20,21). The smallest absolute Gasteiger partial charge is 0.135 e. The van der Waals surface area contributed by atoms with Crippen LogP contribution in [0.4, 0.5) is 11.5 Å². The molecule has 0 aliphatic carbocycles. The summed E-state index contributed by atoms with van der Waals surface area (Å²) in [4.78, 5) is 9.01. The Labute approximate surface area is 137 Å². The van der Waals surface area contributed by atoms with Gasteiger partial charge in [-0.25, -0.2) is 9.97 Å². The molecule has 0 aliphatic rings. The zero-order chi connectivity index (χ0) is 15.8. The first-order valence-electron chi connectivity index (χ1n) is 7.50. The molecule has 0 saturated carbocycles. The van der Waals surface area contributed by atoms with Crippen molar-refractivity contribution in [1.82, 2.24) is 14.5 Å². The highest BCUT2D eigenvalue weighted by Gasteiger charge is 2.09. The van der Waals surface area contributed by atoms with E-state index < -0.39 is 0 Å². The van der Waals surface area contributed by atoms with Gasteiger partial charge in [0.15, 0.2) is 0 Å². The molecule has 3 heterocycles. The molecular formula is C17H17N5S. The maximum atomic E-state index is 5.91. The second kappa shape index (κ2) is 5.55. The first kappa shape index (κ1) is 14.0. The van der Waals surface area contributed by atoms with Gasteiger partial charge >= 0.3 is 0 Å². The summed E-state index contributed by atoms with van der Waals surface area (Å²) >= 11 is 1.73. The van der Waals surface area contributed by atoms with Crippen LogP contribution in [0.3, 0.4) is 0 Å². The molecule has 116 valence electrons. The number of nitrogens with one attached hydrogen (secondary N) is 1. The Balaban J connectivity index is 1.67. The molecule has 0 amide bonds. The third-order valence-electron chi connectivity index (χ3n) is 3.99. The Morgan fingerprint density at radius 1 is 1.26 bits per heavy atom. The molecule has 0 spiro atoms. The third-order valence-corrected chi connectivity index (χ3v) is 4.94. The largest absolute Gasteiger partial charge is 0.399 e. The summed E-state index contributed by atoms with van der Waals surface area (Å²) in [6.07, 6.45) is 3.81. The Morgan fingerprint density at radius 3 is 3.00 bits per heavy atom. The van der Waals surface area contributed by atoms with Crippen molar-refractivity contribution < 1.29 is 0 Å². The number of fused-ring (bicyclic) bond motifs is 3. The SMILES string of the molecule is Cc1nccn1CCNc1nc2cc(N)ccc2c2sccc12. The number of hydrogen-bond acceptors (Lipinski definition) is 5. The van der Waals surface area contributed by atoms with E-state index >= 15 is 0 Å². The first-order chi connectivity index (χ1) is 11.2. The molecule has 0 radical (unpaired) electrons. The van der Waals surface area contributed by atoms with E-state index in [0.717, 1.165) is 46.7 Å². The van der Waals surface area contributed by atoms with Crippen LogP contribution in [0.25, 0.3) is 21.0 Å². The van der Waals surface area contributed by atoms with Crippen molar-refractivity contribution in [2.75, 3.05) is 17.6 Å². The van der Waals surface area contributed by atoms with Gasteiger partial charge in [-0.1, -0.05) is 0 Å². The van der Waals surface area contributed by atoms with Gasteiger partial charge in [0.1, 0.15) is 11.6 Å². The maximum absolute atomic E-state index is 5.91. The van der Waals surface area contributed by atoms with Gasteiger partial charge in [-0.3, -0.25) is 0 Å². The van der Waals surface area contributed by atoms with Crippen LogP contribution in [0.5, 0.6) is 0 Å². The van der Waals surface area contributed by atoms with Gasteiger partial charge in [-0.05, 0) is 36.6 Å². The Hall–Kier alpha value is -2.60. The molecule has 4 rings (SSSR count). The van der Waals surface area contributed by atoms with Crippen molar-refractivity contribution in [2.24, 2.45) is 0 Å². The molecule has 5 nitrogen and oxygen atoms in total. The molecule has 0 aliphatic heterocycles. The summed E-state index contributed by atoms with van der Waals surface area (Å²) in [6.45, 7) is 3.66. The lowest BCUT2D eigenvalue weighted by atomic mass is 10.1. The van der Waals surface area contributed by atoms with Crippen LogP contribution in [0.2, 0.25) is 0 Å². The first-order valence-corrected chi connectivity index (χ1v) is 8.38. The number of nitrogens with zero attached hydrogens (tertiary/aromatic N) is 3. The second-order valence-corrected chi connectivity index (χ2v) is 6.41. The van der Waals surface area contributed by atoms with Gasteiger partial charge in [0, 0.05) is 46.6 Å². The number of rotatable bonds is 4. The Bertz CT molecular complexity index is 985. The van der Waals surface area contributed by atoms with Crippen molar-refractivity contribution in [3.63, 3.8) is 0 Å². The normalized spacial score (nSPS) is 11.3. The minimum absolute atomic E-state index is 0.737. The average molecular weight is 323 g/mol. The van der Waals surface area contributed by atoms with Crippen LogP contribution in [-0.2, 0) is 6.54 Å². The van der Waals surface area contributed by atoms with Crippen LogP contribution in [0, 0.1) is 6.92 Å². The molecule has 6 heteroatoms. The van der Waals surface area contributed by atoms with Crippen molar-refractivity contribution in [1.29, 1.82) is 0 Å². The fourth-order valence-corrected chi connectivity index (χ4v) is 3.72. The van der Waals surface area contributed by atoms with Gasteiger partial charge in [0.25, 0.3) is 0 Å². The molecule has 1 aromatic carbocycles. The number of imidazole rings is 1. The number of benzene rings is 1. The number of nitrogens with two attached hydrogens (primary N) is 1. The van der Waals surface area contributed by atoms with Gasteiger partial charge < -0.3 is 15.6 Å². The molecule has 0 saturated heterocycles. The van der Waals surface area contributed by atoms with E-state index in [9.17, 15) is 0 Å². The lowest BCUT2D eigenvalue weighted by Gasteiger charge is -2.10. The van der Waals surface area contributed by atoms with Crippen molar-refractivity contribution >= 4 is 43.8 Å². The molecule has 3 aromatic heterocycles. The topological polar surface area (TPSA) is 68.8 Å². The molecular weight excluding hydrogens is 306 g/mol. The molecule has 4 aromatic rings. The second-order valence-electron chi connectivity index (χ2n) is 5.50. The summed E-state index contributed by atoms with van der Waals surface area (Å²) in [6, 6.07) is 8.03. The van der Waals surface area contributed by atoms with Crippen LogP contribution in [0.15, 0.2) is 42.0 Å². The quantitative estimate of drug-likeness (QED) is 0.563. The van der Waals surface area contributed by atoms with Crippen molar-refractivity contribution in [3.8, 4) is 0 Å². The van der Waals surface area contributed by atoms with E-state index in [1.165, 1.54) is 4.70 Å². The molecule has 0 unspecified atom stereocenters. The zero-order valence-corrected chi connectivity index (χ0v) is 13.6. The predicted molar refractivity (Wildman–Crippen MR) is 97.0 cm³/mol. The number of pyridine rings is 1. The van der Waals surface area contributed by atoms with Gasteiger partial charge in [-0.15, -0.1) is 11.3 Å². The van der Waals surface area contributed by atoms with E-state index in [1.54, 1.807) is 11.3 Å². The van der Waals surface area contributed by atoms with E-state index in [-0.39, 0.29) is 0 Å². The fraction of sp³-hybridized carbons (Fsp3) is 0.176. The molecule has 0 fully saturated rings. The highest BCUT2D eigenvalue weighted by atomic mass is 32.1. The summed E-state index contributed by atoms with van der Waals surface area (Å²) in [7, 11) is 0. The lowest BCUT2D eigenvalue weighted by Crippen LogP contribution is -2.12. The molecule has 3 N–H and O–H groups in total. The summed E-state index contributed by atoms with van der Waals surface area (Å²) in [5.41, 5.74) is 7.58. The van der Waals surface area contributed by atoms with Gasteiger partial charge in [0.05, 0.1) is 5.52 Å². The monoisotopic (exact) mass is 323 g/mol. The number of hydrogen-bond donors (Lipinski definition) is 2. The number of anilines is 2. The predicted octanol–water partition coefficient (Wildman–Crippen LogP) is 3.65. The molecule has 0 bridgehead atoms. The number of aryl methyl sites for hydroxylation is 1. The lowest BCUT2D eigenvalue weighted by molar-refractivity contribution is 0.700. The Morgan fingerprint density at radius 2 is 2.17 bits per heavy atom. The summed E-state index contributed by atoms with van der Waals surface area (Å²) in [5, 5.41) is 7.88. The Kier molecular flexibility index (Phi) is 3.38. The zero-order valence-electron chi connectivity index (χ0n) is 12.8. The highest BCUT2D eigenvalue weighted by molar-refractivity contribution is 7.18. The molecule has 0 atom stereocenters. The minimum Gasteiger partial charge on any atom is -0.399 e. The van der Waals surface area contributed by atoms with Crippen LogP contribution in [-0.4, -0.2) is 21.1 Å². The third kappa shape index (κ3) is 2.51. The average Bonchev–Trinajstić information content (AvgIpc) is 3.16. The minimum atomic E-state index is 0.737. The molecule has 23 heavy (non-hydrogen) atoms. The van der Waals surface area contributed by atoms with E-state index in [1.807, 2.05) is 31.5 Å². The van der Waals surface area contributed by atoms with E-state index in [4.69, 9.17) is 10.7 Å². The van der Waals surface area contributed by atoms with Crippen LogP contribution >= 0.6 is 11.3 Å². The highest BCUT2D eigenvalue weighted by Crippen LogP contribution is 2.34. The maximum Gasteiger partial charge on any atom is 0.135 e. The van der Waals surface area contributed by atoms with E-state index in [0.29, 0.717) is 0 Å². The number of nitrogen functional groups attached to an aromatic ring is 1. The van der Waals surface area contributed by atoms with Crippen LogP contribution < -0.4 is 11.1 Å².